The number of fused-ring (bicyclic) bond motifs is 1. The number of rotatable bonds is 5. The van der Waals surface area contributed by atoms with E-state index in [4.69, 9.17) is 9.47 Å². The topological polar surface area (TPSA) is 69.7 Å². The van der Waals surface area contributed by atoms with Gasteiger partial charge >= 0.3 is 11.9 Å². The number of hydrogen-bond donors (Lipinski definition) is 0. The number of cyclic esters (lactones) is 1. The molecule has 0 radical (unpaired) electrons. The van der Waals surface area contributed by atoms with Gasteiger partial charge in [0, 0.05) is 11.0 Å². The minimum atomic E-state index is -0.640. The van der Waals surface area contributed by atoms with Crippen molar-refractivity contribution in [1.29, 1.82) is 0 Å². The molecule has 3 rings (SSSR count). The summed E-state index contributed by atoms with van der Waals surface area (Å²) in [7, 11) is 1.42. The molecule has 0 saturated heterocycles. The second-order valence-electron chi connectivity index (χ2n) is 8.16. The van der Waals surface area contributed by atoms with Gasteiger partial charge in [-0.25, -0.2) is 4.79 Å². The van der Waals surface area contributed by atoms with E-state index < -0.39 is 10.8 Å². The zero-order chi connectivity index (χ0) is 18.9. The van der Waals surface area contributed by atoms with Crippen molar-refractivity contribution in [2.45, 2.75) is 51.9 Å². The second-order valence-corrected chi connectivity index (χ2v) is 8.16. The maximum Gasteiger partial charge on any atom is 0.334 e. The summed E-state index contributed by atoms with van der Waals surface area (Å²) in [5, 5.41) is 0. The molecule has 2 fully saturated rings. The highest BCUT2D eigenvalue weighted by molar-refractivity contribution is 5.90. The summed E-state index contributed by atoms with van der Waals surface area (Å²) in [6.45, 7) is 6.53. The molecule has 0 aromatic carbocycles. The van der Waals surface area contributed by atoms with Gasteiger partial charge in [-0.2, -0.15) is 0 Å². The van der Waals surface area contributed by atoms with Crippen molar-refractivity contribution >= 4 is 18.2 Å². The van der Waals surface area contributed by atoms with Crippen LogP contribution in [0, 0.1) is 22.7 Å². The van der Waals surface area contributed by atoms with Gasteiger partial charge in [-0.1, -0.05) is 18.6 Å². The van der Waals surface area contributed by atoms with E-state index in [1.807, 2.05) is 13.0 Å². The molecule has 1 heterocycles. The lowest BCUT2D eigenvalue weighted by Crippen LogP contribution is -2.55. The van der Waals surface area contributed by atoms with Crippen molar-refractivity contribution in [2.24, 2.45) is 22.7 Å². The monoisotopic (exact) mass is 360 g/mol. The third-order valence-corrected chi connectivity index (χ3v) is 7.00. The summed E-state index contributed by atoms with van der Waals surface area (Å²) in [6, 6.07) is 0. The minimum Gasteiger partial charge on any atom is -0.469 e. The first kappa shape index (κ1) is 18.9. The van der Waals surface area contributed by atoms with E-state index in [1.54, 1.807) is 0 Å². The Kier molecular flexibility index (Phi) is 5.09. The summed E-state index contributed by atoms with van der Waals surface area (Å²) >= 11 is 0. The average molecular weight is 360 g/mol. The van der Waals surface area contributed by atoms with Crippen LogP contribution in [-0.4, -0.2) is 31.9 Å². The van der Waals surface area contributed by atoms with Crippen molar-refractivity contribution in [1.82, 2.24) is 0 Å². The highest BCUT2D eigenvalue weighted by Crippen LogP contribution is 2.61. The molecular formula is C21H28O5. The minimum absolute atomic E-state index is 0.0164. The van der Waals surface area contributed by atoms with Crippen LogP contribution in [0.2, 0.25) is 0 Å². The molecular weight excluding hydrogens is 332 g/mol. The molecule has 5 heteroatoms. The van der Waals surface area contributed by atoms with E-state index in [9.17, 15) is 14.4 Å². The number of aldehydes is 1. The van der Waals surface area contributed by atoms with Crippen LogP contribution in [0.15, 0.2) is 23.8 Å². The molecule has 142 valence electrons. The second kappa shape index (κ2) is 7.01. The first-order chi connectivity index (χ1) is 12.4. The fourth-order valence-corrected chi connectivity index (χ4v) is 5.66. The van der Waals surface area contributed by atoms with E-state index in [2.05, 4.69) is 6.58 Å². The molecule has 4 atom stereocenters. The van der Waals surface area contributed by atoms with E-state index >= 15 is 0 Å². The smallest absolute Gasteiger partial charge is 0.334 e. The van der Waals surface area contributed by atoms with E-state index in [-0.39, 0.29) is 23.8 Å². The number of carbonyl (C=O) groups is 3. The Bertz CT molecular complexity index is 663. The Hall–Kier alpha value is -1.91. The molecule has 0 aromatic heterocycles. The van der Waals surface area contributed by atoms with Gasteiger partial charge < -0.3 is 14.3 Å². The summed E-state index contributed by atoms with van der Waals surface area (Å²) in [5.74, 6) is -0.543. The van der Waals surface area contributed by atoms with E-state index in [1.165, 1.54) is 7.11 Å². The lowest BCUT2D eigenvalue weighted by molar-refractivity contribution is -0.169. The number of carbonyl (C=O) groups excluding carboxylic acids is 3. The van der Waals surface area contributed by atoms with Crippen LogP contribution in [0.5, 0.6) is 0 Å². The third-order valence-electron chi connectivity index (χ3n) is 7.00. The van der Waals surface area contributed by atoms with Gasteiger partial charge in [0.05, 0.1) is 12.5 Å². The molecule has 0 aromatic rings. The molecule has 1 aliphatic heterocycles. The van der Waals surface area contributed by atoms with Crippen LogP contribution in [0.1, 0.15) is 51.9 Å². The van der Waals surface area contributed by atoms with Crippen molar-refractivity contribution in [3.63, 3.8) is 0 Å². The van der Waals surface area contributed by atoms with Gasteiger partial charge in [-0.15, -0.1) is 0 Å². The van der Waals surface area contributed by atoms with Crippen molar-refractivity contribution in [3.05, 3.63) is 23.8 Å². The number of ether oxygens (including phenoxy) is 2. The molecule has 0 amide bonds. The lowest BCUT2D eigenvalue weighted by atomic mass is 9.46. The molecule has 2 saturated carbocycles. The molecule has 2 aliphatic carbocycles. The molecule has 3 aliphatic rings. The van der Waals surface area contributed by atoms with Gasteiger partial charge in [0.15, 0.2) is 0 Å². The van der Waals surface area contributed by atoms with Gasteiger partial charge in [-0.05, 0) is 63.4 Å². The molecule has 5 nitrogen and oxygen atoms in total. The highest BCUT2D eigenvalue weighted by Gasteiger charge is 2.60. The van der Waals surface area contributed by atoms with Crippen molar-refractivity contribution in [2.75, 3.05) is 13.7 Å². The van der Waals surface area contributed by atoms with Crippen LogP contribution >= 0.6 is 0 Å². The third kappa shape index (κ3) is 2.81. The summed E-state index contributed by atoms with van der Waals surface area (Å²) in [4.78, 5) is 36.7. The Balaban J connectivity index is 1.90. The molecule has 0 N–H and O–H groups in total. The Morgan fingerprint density at radius 2 is 2.23 bits per heavy atom. The maximum absolute atomic E-state index is 12.6. The first-order valence-electron chi connectivity index (χ1n) is 9.47. The van der Waals surface area contributed by atoms with Crippen LogP contribution in [0.25, 0.3) is 0 Å². The number of esters is 2. The normalized spacial score (nSPS) is 36.8. The van der Waals surface area contributed by atoms with Gasteiger partial charge in [0.2, 0.25) is 0 Å². The number of hydrogen-bond acceptors (Lipinski definition) is 5. The number of methoxy groups -OCH3 is 1. The molecule has 4 unspecified atom stereocenters. The van der Waals surface area contributed by atoms with Crippen LogP contribution < -0.4 is 0 Å². The van der Waals surface area contributed by atoms with Gasteiger partial charge in [0.25, 0.3) is 0 Å². The zero-order valence-corrected chi connectivity index (χ0v) is 15.7. The standard InChI is InChI=1S/C21H28O5/c1-14-5-8-17-20(2,19(24)25-3)10-4-11-21(17,13-22)16(14)7-6-15-9-12-26-18(15)23/h9,13,16-17H,1,4-8,10-12H2,2-3H3. The zero-order valence-electron chi connectivity index (χ0n) is 15.7. The predicted octanol–water partition coefficient (Wildman–Crippen LogP) is 3.38. The van der Waals surface area contributed by atoms with E-state index in [0.29, 0.717) is 25.0 Å². The first-order valence-corrected chi connectivity index (χ1v) is 9.47. The Morgan fingerprint density at radius 3 is 2.85 bits per heavy atom. The average Bonchev–Trinajstić information content (AvgIpc) is 3.05. The molecule has 26 heavy (non-hydrogen) atoms. The summed E-state index contributed by atoms with van der Waals surface area (Å²) in [5.41, 5.74) is 0.514. The SMILES string of the molecule is C=C1CCC2C(C)(C(=O)OC)CCCC2(C=O)C1CCC1=CCOC1=O. The largest absolute Gasteiger partial charge is 0.469 e. The maximum atomic E-state index is 12.6. The van der Waals surface area contributed by atoms with Crippen molar-refractivity contribution < 1.29 is 23.9 Å². The predicted molar refractivity (Wildman–Crippen MR) is 96.1 cm³/mol. The molecule has 0 bridgehead atoms. The lowest BCUT2D eigenvalue weighted by Gasteiger charge is -2.56. The highest BCUT2D eigenvalue weighted by atomic mass is 16.5. The van der Waals surface area contributed by atoms with Crippen LogP contribution in [0.3, 0.4) is 0 Å². The quantitative estimate of drug-likeness (QED) is 0.427. The summed E-state index contributed by atoms with van der Waals surface area (Å²) < 4.78 is 10.1. The fraction of sp³-hybridized carbons (Fsp3) is 0.667. The van der Waals surface area contributed by atoms with Crippen LogP contribution in [-0.2, 0) is 23.9 Å². The van der Waals surface area contributed by atoms with Crippen LogP contribution in [0.4, 0.5) is 0 Å². The fourth-order valence-electron chi connectivity index (χ4n) is 5.66. The molecule has 0 spiro atoms. The number of allylic oxidation sites excluding steroid dienone is 1. The van der Waals surface area contributed by atoms with Gasteiger partial charge in [-0.3, -0.25) is 4.79 Å². The Labute approximate surface area is 154 Å². The van der Waals surface area contributed by atoms with Gasteiger partial charge in [0.1, 0.15) is 12.9 Å². The van der Waals surface area contributed by atoms with Crippen molar-refractivity contribution in [3.8, 4) is 0 Å². The van der Waals surface area contributed by atoms with E-state index in [0.717, 1.165) is 44.0 Å². The Morgan fingerprint density at radius 1 is 1.46 bits per heavy atom. The summed E-state index contributed by atoms with van der Waals surface area (Å²) in [6.07, 6.45) is 8.08.